The van der Waals surface area contributed by atoms with Crippen molar-refractivity contribution in [2.24, 2.45) is 39.7 Å². The van der Waals surface area contributed by atoms with Gasteiger partial charge in [0.05, 0.1) is 115 Å². The lowest BCUT2D eigenvalue weighted by Gasteiger charge is -2.09. The monoisotopic (exact) mass is 1450 g/mol. The summed E-state index contributed by atoms with van der Waals surface area (Å²) in [7, 11) is 7.52. The van der Waals surface area contributed by atoms with Gasteiger partial charge in [0.25, 0.3) is 5.91 Å². The van der Waals surface area contributed by atoms with E-state index in [1.54, 1.807) is 88.0 Å². The second kappa shape index (κ2) is 28.3. The number of aromatic amines is 4. The third kappa shape index (κ3) is 13.7. The number of imidazole rings is 4. The van der Waals surface area contributed by atoms with Crippen molar-refractivity contribution in [3.8, 4) is 113 Å². The fourth-order valence-corrected chi connectivity index (χ4v) is 14.9. The number of benzene rings is 6. The molecule has 0 radical (unpaired) electrons. The number of nitrogens with two attached hydrogens (primary N) is 2. The summed E-state index contributed by atoms with van der Waals surface area (Å²) < 4.78 is 11.5. The SMILES string of the molecule is CCC(=O)c1ccc(-c2nc(-c3ccc4ncsc4c3)c(-c3ccn(C)n3)[nH]2)cc1.Cc1cc(C(N)=O)cc(C)c1-c1nc(-c2ccc3ncsc3c2)c(-c2ccn(C)n2)[nH]1.Cn1ccc(-c2[nH]c(C(N)=O)nc2-c2ccc3ncsc3c2)n1.Cn1ccc(-c2[nH]cnc2-c2ccc3ncsc3c2)n1. The number of thiazole rings is 4. The average molecular weight is 1450 g/mol. The van der Waals surface area contributed by atoms with Crippen molar-refractivity contribution in [3.05, 3.63) is 215 Å². The van der Waals surface area contributed by atoms with Gasteiger partial charge in [0.2, 0.25) is 5.91 Å². The van der Waals surface area contributed by atoms with Gasteiger partial charge < -0.3 is 31.4 Å². The molecule has 0 aliphatic heterocycles. The lowest BCUT2D eigenvalue weighted by molar-refractivity contribution is 0.0981. The van der Waals surface area contributed by atoms with Gasteiger partial charge in [-0.15, -0.1) is 45.3 Å². The largest absolute Gasteiger partial charge is 0.366 e. The molecule has 0 aliphatic rings. The number of aryl methyl sites for hydroxylation is 6. The number of amides is 2. The van der Waals surface area contributed by atoms with Crippen LogP contribution in [0.15, 0.2) is 187 Å². The normalized spacial score (nSPS) is 11.3. The third-order valence-electron chi connectivity index (χ3n) is 17.1. The highest BCUT2D eigenvalue weighted by Gasteiger charge is 2.24. The summed E-state index contributed by atoms with van der Waals surface area (Å²) >= 11 is 6.40. The summed E-state index contributed by atoms with van der Waals surface area (Å²) in [6.07, 6.45) is 9.77. The second-order valence-corrected chi connectivity index (χ2v) is 27.8. The number of nitrogens with one attached hydrogen (secondary N) is 4. The lowest BCUT2D eigenvalue weighted by atomic mass is 9.98. The fourth-order valence-electron chi connectivity index (χ4n) is 12.1. The Hall–Kier alpha value is -12.8. The first-order valence-electron chi connectivity index (χ1n) is 32.5. The van der Waals surface area contributed by atoms with E-state index in [0.29, 0.717) is 34.6 Å². The van der Waals surface area contributed by atoms with Crippen molar-refractivity contribution >= 4 is 104 Å². The van der Waals surface area contributed by atoms with Gasteiger partial charge in [-0.1, -0.05) is 55.5 Å². The summed E-state index contributed by atoms with van der Waals surface area (Å²) in [6, 6.07) is 43.3. The zero-order chi connectivity index (χ0) is 71.9. The Labute approximate surface area is 608 Å². The van der Waals surface area contributed by atoms with Gasteiger partial charge in [0.1, 0.15) is 34.4 Å². The molecule has 0 aliphatic carbocycles. The number of ketones is 1. The maximum atomic E-state index is 11.9. The number of rotatable bonds is 14. The topological polar surface area (TPSA) is 341 Å². The van der Waals surface area contributed by atoms with E-state index in [4.69, 9.17) is 21.4 Å². The van der Waals surface area contributed by atoms with Crippen molar-refractivity contribution < 1.29 is 14.4 Å². The van der Waals surface area contributed by atoms with Crippen molar-refractivity contribution in [3.63, 3.8) is 0 Å². The Morgan fingerprint density at radius 1 is 0.404 bits per heavy atom. The average Bonchev–Trinajstić information content (AvgIpc) is 1.62. The van der Waals surface area contributed by atoms with E-state index in [0.717, 1.165) is 148 Å². The molecule has 25 nitrogen and oxygen atoms in total. The smallest absolute Gasteiger partial charge is 0.284 e. The summed E-state index contributed by atoms with van der Waals surface area (Å²) in [6.45, 7) is 5.79. The summed E-state index contributed by atoms with van der Waals surface area (Å²) in [5.74, 6) is 0.674. The molecule has 0 bridgehead atoms. The number of fused-ring (bicyclic) bond motifs is 4. The van der Waals surface area contributed by atoms with E-state index < -0.39 is 11.8 Å². The van der Waals surface area contributed by atoms with Crippen LogP contribution in [0, 0.1) is 13.8 Å². The zero-order valence-electron chi connectivity index (χ0n) is 56.8. The molecule has 12 aromatic heterocycles. The van der Waals surface area contributed by atoms with Crippen LogP contribution in [0.1, 0.15) is 55.8 Å². The Morgan fingerprint density at radius 2 is 0.779 bits per heavy atom. The molecule has 2 amide bonds. The number of hydrogen-bond donors (Lipinski definition) is 6. The molecule has 0 saturated heterocycles. The van der Waals surface area contributed by atoms with Crippen molar-refractivity contribution in [2.45, 2.75) is 27.2 Å². The van der Waals surface area contributed by atoms with Crippen molar-refractivity contribution in [1.82, 2.24) is 98.9 Å². The number of nitrogens with zero attached hydrogens (tertiary/aromatic N) is 16. The highest BCUT2D eigenvalue weighted by molar-refractivity contribution is 7.17. The first-order chi connectivity index (χ1) is 50.4. The quantitative estimate of drug-likeness (QED) is 0.0551. The van der Waals surface area contributed by atoms with E-state index in [1.807, 2.05) is 193 Å². The molecule has 18 aromatic rings. The summed E-state index contributed by atoms with van der Waals surface area (Å²) in [5, 5.41) is 18.0. The summed E-state index contributed by atoms with van der Waals surface area (Å²) in [5.41, 5.74) is 40.8. The van der Waals surface area contributed by atoms with Gasteiger partial charge in [-0.05, 0) is 110 Å². The van der Waals surface area contributed by atoms with E-state index in [-0.39, 0.29) is 11.6 Å². The predicted octanol–water partition coefficient (Wildman–Crippen LogP) is 15.1. The molecule has 0 atom stereocenters. The van der Waals surface area contributed by atoms with E-state index in [9.17, 15) is 14.4 Å². The zero-order valence-corrected chi connectivity index (χ0v) is 60.0. The molecule has 29 heteroatoms. The molecular formula is C75H62N22O3S4. The molecule has 6 aromatic carbocycles. The molecule has 0 saturated carbocycles. The van der Waals surface area contributed by atoms with Crippen LogP contribution in [-0.4, -0.2) is 117 Å². The van der Waals surface area contributed by atoms with Crippen molar-refractivity contribution in [2.75, 3.05) is 0 Å². The highest BCUT2D eigenvalue weighted by Crippen LogP contribution is 2.39. The van der Waals surface area contributed by atoms with Crippen LogP contribution in [0.4, 0.5) is 0 Å². The summed E-state index contributed by atoms with van der Waals surface area (Å²) in [4.78, 5) is 84.2. The number of Topliss-reactive ketones (excluding diaryl/α,β-unsaturated/α-hetero) is 1. The standard InChI is InChI=1S/C23H20N6OS.C23H19N5OS.C15H12N6OS.C14H11N5S/c1-12-8-15(22(24)30)9-13(2)19(12)23-26-20(21(27-23)17-6-7-29(3)28-17)14-4-5-16-18(10-14)31-11-25-16;1-3-19(29)14-4-6-15(7-5-14)23-25-21(22(26-23)18-10-11-28(2)27-18)16-8-9-17-20(12-16)30-13-24-17;1-21-5-4-10(20-21)13-12(18-15(19-13)14(16)22)8-2-3-9-11(6-8)23-7-17-9;1-19-5-4-11(18-19)14-13(15-7-16-14)9-2-3-10-12(6-9)20-8-17-10/h4-11H,1-3H3,(H2,24,30)(H,26,27);4-13H,3H2,1-2H3,(H,25,26);2-7H,1H3,(H2,16,22)(H,18,19);2-8H,1H3,(H,15,16). The van der Waals surface area contributed by atoms with Gasteiger partial charge in [-0.25, -0.2) is 39.9 Å². The number of primary amides is 2. The minimum atomic E-state index is -0.604. The fraction of sp³-hybridized carbons (Fsp3) is 0.107. The van der Waals surface area contributed by atoms with E-state index in [2.05, 4.69) is 88.4 Å². The Morgan fingerprint density at radius 3 is 1.17 bits per heavy atom. The molecular weight excluding hydrogens is 1390 g/mol. The van der Waals surface area contributed by atoms with Gasteiger partial charge in [-0.2, -0.15) is 20.4 Å². The minimum Gasteiger partial charge on any atom is -0.366 e. The molecule has 8 N–H and O–H groups in total. The van der Waals surface area contributed by atoms with Crippen LogP contribution in [0.5, 0.6) is 0 Å². The first kappa shape index (κ1) is 67.0. The van der Waals surface area contributed by atoms with Crippen LogP contribution in [0.25, 0.3) is 154 Å². The maximum absolute atomic E-state index is 11.9. The first-order valence-corrected chi connectivity index (χ1v) is 36.0. The van der Waals surface area contributed by atoms with Crippen LogP contribution < -0.4 is 11.5 Å². The Kier molecular flexibility index (Phi) is 18.2. The van der Waals surface area contributed by atoms with Crippen LogP contribution in [0.2, 0.25) is 0 Å². The molecule has 18 rings (SSSR count). The second-order valence-electron chi connectivity index (χ2n) is 24.3. The number of carbonyl (C=O) groups is 3. The number of H-pyrrole nitrogens is 4. The van der Waals surface area contributed by atoms with Crippen LogP contribution in [0.3, 0.4) is 0 Å². The molecule has 0 unspecified atom stereocenters. The number of carbonyl (C=O) groups excluding carboxylic acids is 3. The van der Waals surface area contributed by atoms with Crippen LogP contribution >= 0.6 is 45.3 Å². The van der Waals surface area contributed by atoms with Crippen molar-refractivity contribution in [1.29, 1.82) is 0 Å². The third-order valence-corrected chi connectivity index (χ3v) is 20.3. The van der Waals surface area contributed by atoms with E-state index >= 15 is 0 Å². The Balaban J connectivity index is 0.000000113. The van der Waals surface area contributed by atoms with E-state index in [1.165, 1.54) is 0 Å². The van der Waals surface area contributed by atoms with Gasteiger partial charge in [-0.3, -0.25) is 33.1 Å². The van der Waals surface area contributed by atoms with Crippen LogP contribution in [-0.2, 0) is 28.2 Å². The molecule has 0 fully saturated rings. The molecule has 0 spiro atoms. The molecule has 12 heterocycles. The minimum absolute atomic E-state index is 0.116. The maximum Gasteiger partial charge on any atom is 0.284 e. The van der Waals surface area contributed by atoms with Gasteiger partial charge >= 0.3 is 0 Å². The predicted molar refractivity (Wildman–Crippen MR) is 410 cm³/mol. The van der Waals surface area contributed by atoms with Gasteiger partial charge in [0.15, 0.2) is 11.6 Å². The lowest BCUT2D eigenvalue weighted by Crippen LogP contribution is -2.12. The number of hydrogen-bond acceptors (Lipinski definition) is 19. The molecule has 104 heavy (non-hydrogen) atoms. The van der Waals surface area contributed by atoms with Gasteiger partial charge in [0, 0.05) is 104 Å². The molecule has 514 valence electrons. The highest BCUT2D eigenvalue weighted by atomic mass is 32.1. The number of aromatic nitrogens is 20. The Bertz CT molecular complexity index is 6190.